The normalized spacial score (nSPS) is 25.3. The predicted octanol–water partition coefficient (Wildman–Crippen LogP) is -0.203. The zero-order valence-electron chi connectivity index (χ0n) is 3.75. The van der Waals surface area contributed by atoms with Gasteiger partial charge in [0, 0.05) is 0 Å². The highest BCUT2D eigenvalue weighted by Gasteiger charge is 2.11. The molecule has 0 N–H and O–H groups in total. The van der Waals surface area contributed by atoms with Gasteiger partial charge in [-0.2, -0.15) is 4.11 Å². The molecule has 1 aliphatic heterocycles. The zero-order valence-corrected chi connectivity index (χ0v) is 4.57. The molecular weight excluding hydrogens is 116 g/mol. The maximum Gasteiger partial charge on any atom is 0.238 e. The van der Waals surface area contributed by atoms with Gasteiger partial charge in [-0.3, -0.25) is 0 Å². The van der Waals surface area contributed by atoms with Crippen LogP contribution in [0.5, 0.6) is 0 Å². The Bertz CT molecular complexity index is 52.1. The molecule has 0 aromatic heterocycles. The van der Waals surface area contributed by atoms with E-state index in [9.17, 15) is 5.26 Å². The van der Waals surface area contributed by atoms with Gasteiger partial charge in [-0.25, -0.2) is 0 Å². The lowest BCUT2D eigenvalue weighted by Crippen LogP contribution is -2.24. The van der Waals surface area contributed by atoms with Crippen LogP contribution in [0.4, 0.5) is 0 Å². The van der Waals surface area contributed by atoms with Crippen molar-refractivity contribution in [2.45, 2.75) is 6.42 Å². The van der Waals surface area contributed by atoms with E-state index in [4.69, 9.17) is 0 Å². The lowest BCUT2D eigenvalue weighted by molar-refractivity contribution is -0.843. The van der Waals surface area contributed by atoms with Crippen LogP contribution >= 0.6 is 12.0 Å². The number of hydrogen-bond donors (Lipinski definition) is 0. The molecule has 4 heteroatoms. The largest absolute Gasteiger partial charge is 0.469 e. The van der Waals surface area contributed by atoms with Crippen LogP contribution in [0.2, 0.25) is 0 Å². The van der Waals surface area contributed by atoms with E-state index in [1.807, 2.05) is 0 Å². The van der Waals surface area contributed by atoms with Gasteiger partial charge >= 0.3 is 0 Å². The van der Waals surface area contributed by atoms with Crippen molar-refractivity contribution < 1.29 is 14.3 Å². The predicted molar refractivity (Wildman–Crippen MR) is 24.1 cm³/mol. The van der Waals surface area contributed by atoms with Crippen LogP contribution in [0, 0.1) is 0 Å². The van der Waals surface area contributed by atoms with Gasteiger partial charge in [-0.1, -0.05) is 4.89 Å². The molecule has 0 aromatic carbocycles. The average Bonchev–Trinajstić information content (AvgIpc) is 1.69. The quantitative estimate of drug-likeness (QED) is 0.253. The molecule has 0 atom stereocenters. The summed E-state index contributed by atoms with van der Waals surface area (Å²) < 4.78 is 1.24. The second-order valence-electron chi connectivity index (χ2n) is 1.20. The van der Waals surface area contributed by atoms with Crippen molar-refractivity contribution in [3.05, 3.63) is 0 Å². The van der Waals surface area contributed by atoms with Crippen molar-refractivity contribution in [1.82, 2.24) is 0 Å². The molecule has 42 valence electrons. The van der Waals surface area contributed by atoms with Gasteiger partial charge in [-0.15, -0.1) is 0 Å². The summed E-state index contributed by atoms with van der Waals surface area (Å²) >= 11 is 1.09. The first kappa shape index (κ1) is 5.37. The van der Waals surface area contributed by atoms with E-state index in [1.54, 1.807) is 0 Å². The van der Waals surface area contributed by atoms with Crippen LogP contribution in [-0.2, 0) is 9.00 Å². The van der Waals surface area contributed by atoms with Gasteiger partial charge in [0.25, 0.3) is 0 Å². The third-order valence-corrected chi connectivity index (χ3v) is 1.39. The molecule has 1 rings (SSSR count). The third kappa shape index (κ3) is 1.65. The van der Waals surface area contributed by atoms with E-state index in [1.165, 1.54) is 4.11 Å². The Morgan fingerprint density at radius 3 is 2.86 bits per heavy atom. The Morgan fingerprint density at radius 2 is 2.57 bits per heavy atom. The highest BCUT2D eigenvalue weighted by atomic mass is 32.2. The van der Waals surface area contributed by atoms with Crippen molar-refractivity contribution in [3.63, 3.8) is 0 Å². The Kier molecular flexibility index (Phi) is 1.93. The Labute approximate surface area is 46.0 Å². The van der Waals surface area contributed by atoms with Crippen LogP contribution in [0.1, 0.15) is 6.42 Å². The molecular formula is C3H6O3S. The summed E-state index contributed by atoms with van der Waals surface area (Å²) in [6.07, 6.45) is 0.969. The first-order valence-corrected chi connectivity index (χ1v) is 2.99. The summed E-state index contributed by atoms with van der Waals surface area (Å²) in [5, 5.41) is 10.0. The van der Waals surface area contributed by atoms with E-state index in [0.29, 0.717) is 6.61 Å². The minimum atomic E-state index is 0.543. The molecule has 1 fully saturated rings. The van der Waals surface area contributed by atoms with Crippen LogP contribution < -0.4 is 5.26 Å². The maximum absolute atomic E-state index is 10.0. The molecule has 0 aromatic rings. The van der Waals surface area contributed by atoms with Gasteiger partial charge in [-0.05, 0) is 6.42 Å². The molecule has 7 heavy (non-hydrogen) atoms. The second kappa shape index (κ2) is 2.52. The van der Waals surface area contributed by atoms with Crippen molar-refractivity contribution in [2.75, 3.05) is 12.4 Å². The van der Waals surface area contributed by atoms with Crippen molar-refractivity contribution in [3.8, 4) is 0 Å². The summed E-state index contributed by atoms with van der Waals surface area (Å²) in [6.45, 7) is 0.543. The van der Waals surface area contributed by atoms with Crippen molar-refractivity contribution in [1.29, 1.82) is 0 Å². The molecule has 1 heterocycles. The van der Waals surface area contributed by atoms with Crippen molar-refractivity contribution >= 4 is 12.0 Å². The smallest absolute Gasteiger partial charge is 0.238 e. The van der Waals surface area contributed by atoms with Gasteiger partial charge in [0.05, 0.1) is 5.75 Å². The monoisotopic (exact) mass is 122 g/mol. The zero-order chi connectivity index (χ0) is 5.11. The molecule has 1 aliphatic rings. The molecule has 0 amide bonds. The van der Waals surface area contributed by atoms with E-state index in [2.05, 4.69) is 4.89 Å². The molecule has 3 nitrogen and oxygen atoms in total. The minimum Gasteiger partial charge on any atom is -0.469 e. The molecule has 0 spiro atoms. The van der Waals surface area contributed by atoms with Gasteiger partial charge in [0.15, 0.2) is 0 Å². The summed E-state index contributed by atoms with van der Waals surface area (Å²) in [5.41, 5.74) is 0. The topological polar surface area (TPSA) is 35.0 Å². The summed E-state index contributed by atoms with van der Waals surface area (Å²) in [5.74, 6) is 0.855. The number of hydrogen-bond acceptors (Lipinski definition) is 3. The van der Waals surface area contributed by atoms with Crippen LogP contribution in [0.25, 0.3) is 0 Å². The maximum atomic E-state index is 10.0. The molecule has 0 bridgehead atoms. The average molecular weight is 122 g/mol. The van der Waals surface area contributed by atoms with E-state index >= 15 is 0 Å². The first-order valence-electron chi connectivity index (χ1n) is 2.08. The minimum absolute atomic E-state index is 0.543. The highest BCUT2D eigenvalue weighted by molar-refractivity contribution is 7.94. The van der Waals surface area contributed by atoms with E-state index in [0.717, 1.165) is 24.2 Å². The molecule has 0 radical (unpaired) electrons. The van der Waals surface area contributed by atoms with E-state index < -0.39 is 0 Å². The Hall–Kier alpha value is 0.230. The van der Waals surface area contributed by atoms with Gasteiger partial charge in [0.2, 0.25) is 12.0 Å². The standard InChI is InChI=1S/C3H6O3S/c4-6-5-2-1-3-7-6/h1-3H2. The van der Waals surface area contributed by atoms with E-state index in [-0.39, 0.29) is 0 Å². The van der Waals surface area contributed by atoms with Crippen LogP contribution in [-0.4, -0.2) is 12.4 Å². The molecule has 0 unspecified atom stereocenters. The lowest BCUT2D eigenvalue weighted by atomic mass is 10.5. The SMILES string of the molecule is [O-][O+]1OCCCS1. The Balaban J connectivity index is 2.12. The molecule has 1 saturated heterocycles. The fourth-order valence-electron chi connectivity index (χ4n) is 0.347. The fourth-order valence-corrected chi connectivity index (χ4v) is 0.855. The molecule has 0 aliphatic carbocycles. The Morgan fingerprint density at radius 1 is 1.71 bits per heavy atom. The first-order chi connectivity index (χ1) is 3.39. The van der Waals surface area contributed by atoms with Gasteiger partial charge < -0.3 is 5.26 Å². The second-order valence-corrected chi connectivity index (χ2v) is 2.12. The summed E-state index contributed by atoms with van der Waals surface area (Å²) in [7, 11) is 0. The highest BCUT2D eigenvalue weighted by Crippen LogP contribution is 2.16. The van der Waals surface area contributed by atoms with Crippen molar-refractivity contribution in [2.24, 2.45) is 0 Å². The van der Waals surface area contributed by atoms with Crippen LogP contribution in [0.15, 0.2) is 0 Å². The number of rotatable bonds is 0. The lowest BCUT2D eigenvalue weighted by Gasteiger charge is -2.14. The summed E-state index contributed by atoms with van der Waals surface area (Å²) in [6, 6.07) is 0. The molecule has 0 saturated carbocycles. The fraction of sp³-hybridized carbons (Fsp3) is 1.00. The summed E-state index contributed by atoms with van der Waals surface area (Å²) in [4.78, 5) is 4.44. The van der Waals surface area contributed by atoms with Crippen LogP contribution in [0.3, 0.4) is 0 Å². The third-order valence-electron chi connectivity index (χ3n) is 0.648. The van der Waals surface area contributed by atoms with Gasteiger partial charge in [0.1, 0.15) is 6.61 Å².